The molecule has 0 saturated heterocycles. The minimum absolute atomic E-state index is 0.171. The predicted molar refractivity (Wildman–Crippen MR) is 53.0 cm³/mol. The molecule has 0 heterocycles. The molecule has 1 rings (SSSR count). The third kappa shape index (κ3) is 3.64. The van der Waals surface area contributed by atoms with Crippen LogP contribution in [0, 0.1) is 11.8 Å². The number of rotatable bonds is 7. The highest BCUT2D eigenvalue weighted by atomic mass is 16.4. The molecule has 4 heteroatoms. The maximum Gasteiger partial charge on any atom is 0.320 e. The van der Waals surface area contributed by atoms with Gasteiger partial charge in [0, 0.05) is 6.61 Å². The van der Waals surface area contributed by atoms with Gasteiger partial charge in [0.1, 0.15) is 6.04 Å². The Balaban J connectivity index is 2.22. The highest BCUT2D eigenvalue weighted by molar-refractivity contribution is 5.74. The van der Waals surface area contributed by atoms with Crippen molar-refractivity contribution >= 4 is 5.97 Å². The Labute approximate surface area is 84.3 Å². The SMILES string of the molecule is CC(CCO)CNC(C(=O)O)C1CC1. The highest BCUT2D eigenvalue weighted by Crippen LogP contribution is 2.32. The molecule has 1 aliphatic carbocycles. The second-order valence-electron chi connectivity index (χ2n) is 4.18. The van der Waals surface area contributed by atoms with Crippen LogP contribution >= 0.6 is 0 Å². The van der Waals surface area contributed by atoms with Crippen LogP contribution in [0.4, 0.5) is 0 Å². The fourth-order valence-electron chi connectivity index (χ4n) is 1.54. The number of hydrogen-bond donors (Lipinski definition) is 3. The van der Waals surface area contributed by atoms with Crippen molar-refractivity contribution in [3.05, 3.63) is 0 Å². The zero-order chi connectivity index (χ0) is 10.6. The van der Waals surface area contributed by atoms with Crippen LogP contribution in [0.3, 0.4) is 0 Å². The molecule has 0 amide bonds. The Morgan fingerprint density at radius 3 is 2.64 bits per heavy atom. The van der Waals surface area contributed by atoms with Gasteiger partial charge in [0.2, 0.25) is 0 Å². The van der Waals surface area contributed by atoms with Gasteiger partial charge in [-0.1, -0.05) is 6.92 Å². The maximum atomic E-state index is 10.8. The van der Waals surface area contributed by atoms with Gasteiger partial charge in [-0.3, -0.25) is 4.79 Å². The van der Waals surface area contributed by atoms with Crippen LogP contribution in [0.15, 0.2) is 0 Å². The van der Waals surface area contributed by atoms with Crippen LogP contribution in [0.1, 0.15) is 26.2 Å². The molecule has 0 bridgehead atoms. The third-order valence-electron chi connectivity index (χ3n) is 2.67. The second kappa shape index (κ2) is 5.32. The number of aliphatic hydroxyl groups is 1. The first kappa shape index (κ1) is 11.5. The van der Waals surface area contributed by atoms with Crippen molar-refractivity contribution < 1.29 is 15.0 Å². The third-order valence-corrected chi connectivity index (χ3v) is 2.67. The Morgan fingerprint density at radius 2 is 2.21 bits per heavy atom. The lowest BCUT2D eigenvalue weighted by atomic mass is 10.1. The van der Waals surface area contributed by atoms with Gasteiger partial charge in [-0.25, -0.2) is 0 Å². The van der Waals surface area contributed by atoms with Gasteiger partial charge >= 0.3 is 5.97 Å². The van der Waals surface area contributed by atoms with Crippen molar-refractivity contribution in [1.29, 1.82) is 0 Å². The Bertz CT molecular complexity index is 192. The molecule has 2 atom stereocenters. The second-order valence-corrected chi connectivity index (χ2v) is 4.18. The Hall–Kier alpha value is -0.610. The fraction of sp³-hybridized carbons (Fsp3) is 0.900. The molecule has 0 aromatic rings. The summed E-state index contributed by atoms with van der Waals surface area (Å²) in [7, 11) is 0. The number of aliphatic hydroxyl groups excluding tert-OH is 1. The quantitative estimate of drug-likeness (QED) is 0.559. The number of hydrogen-bond acceptors (Lipinski definition) is 3. The maximum absolute atomic E-state index is 10.8. The molecule has 4 nitrogen and oxygen atoms in total. The van der Waals surface area contributed by atoms with E-state index >= 15 is 0 Å². The normalized spacial score (nSPS) is 20.4. The monoisotopic (exact) mass is 201 g/mol. The summed E-state index contributed by atoms with van der Waals surface area (Å²) in [6, 6.07) is -0.379. The summed E-state index contributed by atoms with van der Waals surface area (Å²) < 4.78 is 0. The van der Waals surface area contributed by atoms with E-state index in [0.29, 0.717) is 18.4 Å². The molecule has 2 unspecified atom stereocenters. The van der Waals surface area contributed by atoms with Crippen molar-refractivity contribution in [1.82, 2.24) is 5.32 Å². The number of carboxylic acids is 1. The average molecular weight is 201 g/mol. The molecule has 1 saturated carbocycles. The summed E-state index contributed by atoms with van der Waals surface area (Å²) in [6.45, 7) is 2.85. The van der Waals surface area contributed by atoms with Gasteiger partial charge in [-0.2, -0.15) is 0 Å². The molecular formula is C10H19NO3. The molecular weight excluding hydrogens is 182 g/mol. The van der Waals surface area contributed by atoms with E-state index in [1.54, 1.807) is 0 Å². The zero-order valence-corrected chi connectivity index (χ0v) is 8.57. The lowest BCUT2D eigenvalue weighted by Gasteiger charge is -2.16. The van der Waals surface area contributed by atoms with E-state index in [4.69, 9.17) is 10.2 Å². The van der Waals surface area contributed by atoms with E-state index in [1.165, 1.54) is 0 Å². The number of nitrogens with one attached hydrogen (secondary N) is 1. The van der Waals surface area contributed by atoms with Crippen LogP contribution in [-0.2, 0) is 4.79 Å². The summed E-state index contributed by atoms with van der Waals surface area (Å²) in [6.07, 6.45) is 2.78. The van der Waals surface area contributed by atoms with E-state index in [9.17, 15) is 4.79 Å². The average Bonchev–Trinajstić information content (AvgIpc) is 2.88. The van der Waals surface area contributed by atoms with Gasteiger partial charge < -0.3 is 15.5 Å². The lowest BCUT2D eigenvalue weighted by molar-refractivity contribution is -0.140. The van der Waals surface area contributed by atoms with Crippen molar-refractivity contribution in [2.75, 3.05) is 13.2 Å². The molecule has 1 aliphatic rings. The summed E-state index contributed by atoms with van der Waals surface area (Å²) in [5.41, 5.74) is 0. The topological polar surface area (TPSA) is 69.6 Å². The van der Waals surface area contributed by atoms with Crippen molar-refractivity contribution in [3.8, 4) is 0 Å². The molecule has 1 fully saturated rings. The van der Waals surface area contributed by atoms with E-state index in [1.807, 2.05) is 6.92 Å². The molecule has 3 N–H and O–H groups in total. The standard InChI is InChI=1S/C10H19NO3/c1-7(4-5-12)6-11-9(10(13)14)8-2-3-8/h7-9,11-12H,2-6H2,1H3,(H,13,14). The summed E-state index contributed by atoms with van der Waals surface area (Å²) in [4.78, 5) is 10.8. The van der Waals surface area contributed by atoms with E-state index in [0.717, 1.165) is 19.3 Å². The molecule has 14 heavy (non-hydrogen) atoms. The molecule has 0 aromatic heterocycles. The van der Waals surface area contributed by atoms with E-state index in [2.05, 4.69) is 5.32 Å². The van der Waals surface area contributed by atoms with E-state index < -0.39 is 5.97 Å². The highest BCUT2D eigenvalue weighted by Gasteiger charge is 2.35. The molecule has 0 spiro atoms. The first-order chi connectivity index (χ1) is 6.65. The first-order valence-corrected chi connectivity index (χ1v) is 5.22. The van der Waals surface area contributed by atoms with Gasteiger partial charge in [0.25, 0.3) is 0 Å². The van der Waals surface area contributed by atoms with Gasteiger partial charge in [0.05, 0.1) is 0 Å². The first-order valence-electron chi connectivity index (χ1n) is 5.22. The van der Waals surface area contributed by atoms with Crippen LogP contribution in [0.5, 0.6) is 0 Å². The number of aliphatic carboxylic acids is 1. The Morgan fingerprint density at radius 1 is 1.57 bits per heavy atom. The lowest BCUT2D eigenvalue weighted by Crippen LogP contribution is -2.40. The number of carboxylic acid groups (broad SMARTS) is 1. The molecule has 0 aliphatic heterocycles. The van der Waals surface area contributed by atoms with Crippen LogP contribution in [0.2, 0.25) is 0 Å². The van der Waals surface area contributed by atoms with Crippen molar-refractivity contribution in [2.24, 2.45) is 11.8 Å². The molecule has 0 aromatic carbocycles. The number of carbonyl (C=O) groups is 1. The van der Waals surface area contributed by atoms with Crippen molar-refractivity contribution in [2.45, 2.75) is 32.2 Å². The minimum Gasteiger partial charge on any atom is -0.480 e. The van der Waals surface area contributed by atoms with Gasteiger partial charge in [0.15, 0.2) is 0 Å². The summed E-state index contributed by atoms with van der Waals surface area (Å²) in [5.74, 6) is -0.0851. The van der Waals surface area contributed by atoms with E-state index in [-0.39, 0.29) is 12.6 Å². The van der Waals surface area contributed by atoms with Crippen LogP contribution in [-0.4, -0.2) is 35.4 Å². The molecule has 82 valence electrons. The van der Waals surface area contributed by atoms with Gasteiger partial charge in [-0.15, -0.1) is 0 Å². The fourth-order valence-corrected chi connectivity index (χ4v) is 1.54. The van der Waals surface area contributed by atoms with Crippen LogP contribution in [0.25, 0.3) is 0 Å². The smallest absolute Gasteiger partial charge is 0.320 e. The predicted octanol–water partition coefficient (Wildman–Crippen LogP) is 0.458. The van der Waals surface area contributed by atoms with Crippen LogP contribution < -0.4 is 5.32 Å². The van der Waals surface area contributed by atoms with Gasteiger partial charge in [-0.05, 0) is 37.6 Å². The summed E-state index contributed by atoms with van der Waals surface area (Å²) >= 11 is 0. The largest absolute Gasteiger partial charge is 0.480 e. The Kier molecular flexibility index (Phi) is 4.35. The minimum atomic E-state index is -0.747. The van der Waals surface area contributed by atoms with Crippen molar-refractivity contribution in [3.63, 3.8) is 0 Å². The molecule has 0 radical (unpaired) electrons. The summed E-state index contributed by atoms with van der Waals surface area (Å²) in [5, 5.41) is 20.7. The zero-order valence-electron chi connectivity index (χ0n) is 8.57.